The fraction of sp³-hybridized carbons (Fsp3) is 0.600. The van der Waals surface area contributed by atoms with E-state index in [-0.39, 0.29) is 5.91 Å². The highest BCUT2D eigenvalue weighted by Gasteiger charge is 2.11. The fourth-order valence-electron chi connectivity index (χ4n) is 1.21. The second-order valence-corrected chi connectivity index (χ2v) is 4.09. The molecule has 1 rings (SSSR count). The van der Waals surface area contributed by atoms with Crippen molar-refractivity contribution in [1.82, 2.24) is 10.5 Å². The molecule has 0 unspecified atom stereocenters. The summed E-state index contributed by atoms with van der Waals surface area (Å²) < 4.78 is 4.81. The van der Waals surface area contributed by atoms with Crippen LogP contribution < -0.4 is 5.32 Å². The molecular weight excluding hydrogens is 260 g/mol. The Hall–Kier alpha value is -0.840. The molecule has 0 radical (unpaired) electrons. The largest absolute Gasteiger partial charge is 0.361 e. The van der Waals surface area contributed by atoms with E-state index in [1.807, 2.05) is 0 Å². The van der Waals surface area contributed by atoms with Gasteiger partial charge >= 0.3 is 0 Å². The molecule has 84 valence electrons. The SMILES string of the molecule is Cc1oncc1C(=O)NCCCCCBr. The Morgan fingerprint density at radius 3 is 2.93 bits per heavy atom. The Labute approximate surface area is 97.5 Å². The van der Waals surface area contributed by atoms with E-state index < -0.39 is 0 Å². The first-order valence-electron chi connectivity index (χ1n) is 5.01. The Kier molecular flexibility index (Phi) is 5.39. The minimum atomic E-state index is -0.104. The Morgan fingerprint density at radius 1 is 1.53 bits per heavy atom. The smallest absolute Gasteiger partial charge is 0.256 e. The van der Waals surface area contributed by atoms with Crippen molar-refractivity contribution in [1.29, 1.82) is 0 Å². The van der Waals surface area contributed by atoms with Crippen LogP contribution >= 0.6 is 15.9 Å². The predicted octanol–water partition coefficient (Wildman–Crippen LogP) is 2.28. The number of nitrogens with zero attached hydrogens (tertiary/aromatic N) is 1. The summed E-state index contributed by atoms with van der Waals surface area (Å²) in [6.07, 6.45) is 4.71. The van der Waals surface area contributed by atoms with E-state index in [1.165, 1.54) is 6.20 Å². The lowest BCUT2D eigenvalue weighted by Crippen LogP contribution is -2.24. The lowest BCUT2D eigenvalue weighted by molar-refractivity contribution is 0.0951. The van der Waals surface area contributed by atoms with Gasteiger partial charge in [-0.05, 0) is 19.8 Å². The van der Waals surface area contributed by atoms with Crippen molar-refractivity contribution in [3.63, 3.8) is 0 Å². The van der Waals surface area contributed by atoms with E-state index in [4.69, 9.17) is 4.52 Å². The normalized spacial score (nSPS) is 10.3. The van der Waals surface area contributed by atoms with Gasteiger partial charge in [0.1, 0.15) is 11.3 Å². The molecule has 1 N–H and O–H groups in total. The molecule has 0 aliphatic heterocycles. The lowest BCUT2D eigenvalue weighted by atomic mass is 10.2. The molecular formula is C10H15BrN2O2. The molecule has 0 fully saturated rings. The summed E-state index contributed by atoms with van der Waals surface area (Å²) in [5.41, 5.74) is 0.524. The van der Waals surface area contributed by atoms with Crippen LogP contribution in [0.5, 0.6) is 0 Å². The molecule has 0 aromatic carbocycles. The Bertz CT molecular complexity index is 312. The van der Waals surface area contributed by atoms with E-state index in [1.54, 1.807) is 6.92 Å². The summed E-state index contributed by atoms with van der Waals surface area (Å²) in [6.45, 7) is 2.43. The minimum Gasteiger partial charge on any atom is -0.361 e. The quantitative estimate of drug-likeness (QED) is 0.640. The van der Waals surface area contributed by atoms with Crippen molar-refractivity contribution < 1.29 is 9.32 Å². The fourth-order valence-corrected chi connectivity index (χ4v) is 1.61. The van der Waals surface area contributed by atoms with E-state index >= 15 is 0 Å². The van der Waals surface area contributed by atoms with Gasteiger partial charge in [-0.15, -0.1) is 0 Å². The number of hydrogen-bond acceptors (Lipinski definition) is 3. The third kappa shape index (κ3) is 4.03. The molecule has 15 heavy (non-hydrogen) atoms. The lowest BCUT2D eigenvalue weighted by Gasteiger charge is -2.02. The van der Waals surface area contributed by atoms with Crippen LogP contribution in [-0.2, 0) is 0 Å². The number of carbonyl (C=O) groups excluding carboxylic acids is 1. The second kappa shape index (κ2) is 6.61. The van der Waals surface area contributed by atoms with Gasteiger partial charge in [0.15, 0.2) is 0 Å². The molecule has 1 heterocycles. The Morgan fingerprint density at radius 2 is 2.33 bits per heavy atom. The zero-order chi connectivity index (χ0) is 11.1. The third-order valence-electron chi connectivity index (χ3n) is 2.09. The molecule has 1 amide bonds. The molecule has 1 aromatic heterocycles. The maximum atomic E-state index is 11.5. The van der Waals surface area contributed by atoms with Crippen LogP contribution in [0.15, 0.2) is 10.7 Å². The summed E-state index contributed by atoms with van der Waals surface area (Å²) >= 11 is 3.36. The van der Waals surface area contributed by atoms with E-state index in [2.05, 4.69) is 26.4 Å². The second-order valence-electron chi connectivity index (χ2n) is 3.30. The highest BCUT2D eigenvalue weighted by molar-refractivity contribution is 9.09. The number of aryl methyl sites for hydroxylation is 1. The summed E-state index contributed by atoms with van der Waals surface area (Å²) in [6, 6.07) is 0. The zero-order valence-corrected chi connectivity index (χ0v) is 10.3. The first-order valence-corrected chi connectivity index (χ1v) is 6.13. The number of unbranched alkanes of at least 4 members (excludes halogenated alkanes) is 2. The van der Waals surface area contributed by atoms with Crippen molar-refractivity contribution in [3.8, 4) is 0 Å². The molecule has 1 aromatic rings. The van der Waals surface area contributed by atoms with Crippen molar-refractivity contribution in [2.24, 2.45) is 0 Å². The van der Waals surface area contributed by atoms with E-state index in [0.29, 0.717) is 17.9 Å². The highest BCUT2D eigenvalue weighted by Crippen LogP contribution is 2.05. The molecule has 0 saturated heterocycles. The number of rotatable bonds is 6. The average Bonchev–Trinajstić information content (AvgIpc) is 2.64. The van der Waals surface area contributed by atoms with Gasteiger partial charge in [0, 0.05) is 11.9 Å². The molecule has 4 nitrogen and oxygen atoms in total. The standard InChI is InChI=1S/C10H15BrN2O2/c1-8-9(7-13-15-8)10(14)12-6-4-2-3-5-11/h7H,2-6H2,1H3,(H,12,14). The predicted molar refractivity (Wildman–Crippen MR) is 61.2 cm³/mol. The maximum Gasteiger partial charge on any atom is 0.256 e. The molecule has 0 aliphatic rings. The van der Waals surface area contributed by atoms with Crippen molar-refractivity contribution >= 4 is 21.8 Å². The Balaban J connectivity index is 2.22. The number of nitrogens with one attached hydrogen (secondary N) is 1. The zero-order valence-electron chi connectivity index (χ0n) is 8.75. The maximum absolute atomic E-state index is 11.5. The van der Waals surface area contributed by atoms with E-state index in [9.17, 15) is 4.79 Å². The van der Waals surface area contributed by atoms with Gasteiger partial charge in [-0.2, -0.15) is 0 Å². The molecule has 0 atom stereocenters. The number of alkyl halides is 1. The third-order valence-corrected chi connectivity index (χ3v) is 2.65. The van der Waals surface area contributed by atoms with Crippen LogP contribution in [0.2, 0.25) is 0 Å². The molecule has 0 bridgehead atoms. The van der Waals surface area contributed by atoms with Crippen molar-refractivity contribution in [2.45, 2.75) is 26.2 Å². The molecule has 0 aliphatic carbocycles. The summed E-state index contributed by atoms with van der Waals surface area (Å²) in [7, 11) is 0. The van der Waals surface area contributed by atoms with Crippen molar-refractivity contribution in [3.05, 3.63) is 17.5 Å². The molecule has 0 saturated carbocycles. The number of halogens is 1. The molecule has 0 spiro atoms. The molecule has 5 heteroatoms. The topological polar surface area (TPSA) is 55.1 Å². The summed E-state index contributed by atoms with van der Waals surface area (Å²) in [5.74, 6) is 0.459. The van der Waals surface area contributed by atoms with Crippen LogP contribution in [0.25, 0.3) is 0 Å². The average molecular weight is 275 g/mol. The van der Waals surface area contributed by atoms with Crippen LogP contribution in [-0.4, -0.2) is 22.9 Å². The van der Waals surface area contributed by atoms with Gasteiger partial charge in [-0.1, -0.05) is 27.5 Å². The van der Waals surface area contributed by atoms with Gasteiger partial charge in [0.25, 0.3) is 5.91 Å². The summed E-state index contributed by atoms with van der Waals surface area (Å²) in [5, 5.41) is 7.41. The summed E-state index contributed by atoms with van der Waals surface area (Å²) in [4.78, 5) is 11.5. The van der Waals surface area contributed by atoms with Crippen LogP contribution in [0.4, 0.5) is 0 Å². The van der Waals surface area contributed by atoms with Crippen LogP contribution in [0, 0.1) is 6.92 Å². The van der Waals surface area contributed by atoms with Crippen LogP contribution in [0.3, 0.4) is 0 Å². The first kappa shape index (κ1) is 12.2. The van der Waals surface area contributed by atoms with Crippen molar-refractivity contribution in [2.75, 3.05) is 11.9 Å². The van der Waals surface area contributed by atoms with Gasteiger partial charge in [0.2, 0.25) is 0 Å². The van der Waals surface area contributed by atoms with Gasteiger partial charge in [-0.3, -0.25) is 4.79 Å². The van der Waals surface area contributed by atoms with Crippen LogP contribution in [0.1, 0.15) is 35.4 Å². The number of hydrogen-bond donors (Lipinski definition) is 1. The first-order chi connectivity index (χ1) is 7.25. The highest BCUT2D eigenvalue weighted by atomic mass is 79.9. The van der Waals surface area contributed by atoms with Gasteiger partial charge in [-0.25, -0.2) is 0 Å². The minimum absolute atomic E-state index is 0.104. The number of aromatic nitrogens is 1. The number of amides is 1. The van der Waals surface area contributed by atoms with Gasteiger partial charge < -0.3 is 9.84 Å². The van der Waals surface area contributed by atoms with E-state index in [0.717, 1.165) is 24.6 Å². The number of carbonyl (C=O) groups is 1. The van der Waals surface area contributed by atoms with Gasteiger partial charge in [0.05, 0.1) is 6.20 Å². The monoisotopic (exact) mass is 274 g/mol.